The zero-order valence-corrected chi connectivity index (χ0v) is 12.4. The number of aliphatic hydroxyl groups is 1. The van der Waals surface area contributed by atoms with Gasteiger partial charge in [0.25, 0.3) is 0 Å². The topological polar surface area (TPSA) is 66.4 Å². The molecule has 0 spiro atoms. The molecule has 0 amide bonds. The monoisotopic (exact) mass is 285 g/mol. The van der Waals surface area contributed by atoms with E-state index in [1.54, 1.807) is 12.1 Å². The minimum Gasteiger partial charge on any atom is -0.392 e. The lowest BCUT2D eigenvalue weighted by molar-refractivity contribution is 0.282. The summed E-state index contributed by atoms with van der Waals surface area (Å²) in [6.45, 7) is 3.92. The summed E-state index contributed by atoms with van der Waals surface area (Å²) in [6.07, 6.45) is 4.13. The number of hydrogen-bond acceptors (Lipinski definition) is 3. The minimum atomic E-state index is -3.45. The van der Waals surface area contributed by atoms with Gasteiger partial charge in [-0.15, -0.1) is 0 Å². The molecule has 0 radical (unpaired) electrons. The summed E-state index contributed by atoms with van der Waals surface area (Å²) < 4.78 is 26.9. The SMILES string of the molecule is CCCCCC(C)NS(=O)(=O)c1ccc(CO)cc1. The maximum Gasteiger partial charge on any atom is 0.240 e. The summed E-state index contributed by atoms with van der Waals surface area (Å²) in [7, 11) is -3.45. The third-order valence-corrected chi connectivity index (χ3v) is 4.62. The maximum absolute atomic E-state index is 12.1. The standard InChI is InChI=1S/C14H23NO3S/c1-3-4-5-6-12(2)15-19(17,18)14-9-7-13(11-16)8-10-14/h7-10,12,15-16H,3-6,11H2,1-2H3. The fraction of sp³-hybridized carbons (Fsp3) is 0.571. The second kappa shape index (κ2) is 7.62. The molecule has 0 aliphatic heterocycles. The van der Waals surface area contributed by atoms with Crippen molar-refractivity contribution in [1.29, 1.82) is 0 Å². The molecule has 1 rings (SSSR count). The third-order valence-electron chi connectivity index (χ3n) is 3.01. The van der Waals surface area contributed by atoms with E-state index in [2.05, 4.69) is 11.6 Å². The zero-order valence-electron chi connectivity index (χ0n) is 11.6. The van der Waals surface area contributed by atoms with Crippen LogP contribution < -0.4 is 4.72 Å². The molecule has 4 nitrogen and oxygen atoms in total. The van der Waals surface area contributed by atoms with Crippen molar-refractivity contribution in [3.05, 3.63) is 29.8 Å². The largest absolute Gasteiger partial charge is 0.392 e. The Morgan fingerprint density at radius 3 is 2.37 bits per heavy atom. The highest BCUT2D eigenvalue weighted by Crippen LogP contribution is 2.12. The van der Waals surface area contributed by atoms with Crippen LogP contribution in [0.25, 0.3) is 0 Å². The Balaban J connectivity index is 2.63. The van der Waals surface area contributed by atoms with Gasteiger partial charge >= 0.3 is 0 Å². The molecule has 1 atom stereocenters. The quantitative estimate of drug-likeness (QED) is 0.721. The number of benzene rings is 1. The van der Waals surface area contributed by atoms with E-state index in [0.717, 1.165) is 25.7 Å². The molecule has 0 fully saturated rings. The van der Waals surface area contributed by atoms with Crippen molar-refractivity contribution in [2.75, 3.05) is 0 Å². The lowest BCUT2D eigenvalue weighted by Crippen LogP contribution is -2.32. The van der Waals surface area contributed by atoms with E-state index in [4.69, 9.17) is 5.11 Å². The van der Waals surface area contributed by atoms with Gasteiger partial charge in [0.15, 0.2) is 0 Å². The molecule has 2 N–H and O–H groups in total. The van der Waals surface area contributed by atoms with E-state index in [0.29, 0.717) is 5.56 Å². The second-order valence-electron chi connectivity index (χ2n) is 4.82. The highest BCUT2D eigenvalue weighted by atomic mass is 32.2. The highest BCUT2D eigenvalue weighted by Gasteiger charge is 2.16. The number of sulfonamides is 1. The van der Waals surface area contributed by atoms with E-state index in [1.807, 2.05) is 6.92 Å². The number of rotatable bonds is 8. The van der Waals surface area contributed by atoms with Gasteiger partial charge in [0.1, 0.15) is 0 Å². The van der Waals surface area contributed by atoms with Crippen LogP contribution >= 0.6 is 0 Å². The van der Waals surface area contributed by atoms with E-state index < -0.39 is 10.0 Å². The molecule has 0 saturated carbocycles. The lowest BCUT2D eigenvalue weighted by Gasteiger charge is -2.14. The molecule has 0 bridgehead atoms. The Hall–Kier alpha value is -0.910. The van der Waals surface area contributed by atoms with Gasteiger partial charge in [-0.3, -0.25) is 0 Å². The van der Waals surface area contributed by atoms with Crippen LogP contribution in [0.3, 0.4) is 0 Å². The minimum absolute atomic E-state index is 0.0610. The number of nitrogens with one attached hydrogen (secondary N) is 1. The Kier molecular flexibility index (Phi) is 6.48. The fourth-order valence-electron chi connectivity index (χ4n) is 1.87. The van der Waals surface area contributed by atoms with E-state index in [-0.39, 0.29) is 17.5 Å². The van der Waals surface area contributed by atoms with Gasteiger partial charge < -0.3 is 5.11 Å². The average Bonchev–Trinajstić information content (AvgIpc) is 2.38. The second-order valence-corrected chi connectivity index (χ2v) is 6.53. The average molecular weight is 285 g/mol. The first-order valence-corrected chi connectivity index (χ1v) is 8.20. The van der Waals surface area contributed by atoms with Crippen molar-refractivity contribution in [1.82, 2.24) is 4.72 Å². The molecule has 0 saturated heterocycles. The Labute approximate surface area is 115 Å². The van der Waals surface area contributed by atoms with E-state index in [1.165, 1.54) is 12.1 Å². The van der Waals surface area contributed by atoms with E-state index in [9.17, 15) is 8.42 Å². The van der Waals surface area contributed by atoms with Crippen molar-refractivity contribution in [2.45, 2.75) is 57.1 Å². The van der Waals surface area contributed by atoms with Gasteiger partial charge in [-0.25, -0.2) is 13.1 Å². The molecule has 1 aromatic rings. The predicted octanol–water partition coefficient (Wildman–Crippen LogP) is 2.43. The van der Waals surface area contributed by atoms with Crippen LogP contribution in [0.15, 0.2) is 29.2 Å². The molecule has 0 aromatic heterocycles. The van der Waals surface area contributed by atoms with Crippen LogP contribution in [0, 0.1) is 0 Å². The molecule has 108 valence electrons. The third kappa shape index (κ3) is 5.30. The lowest BCUT2D eigenvalue weighted by atomic mass is 10.1. The summed E-state index contributed by atoms with van der Waals surface area (Å²) in [5, 5.41) is 8.93. The molecule has 5 heteroatoms. The Bertz CT molecular complexity index is 468. The predicted molar refractivity (Wildman–Crippen MR) is 76.3 cm³/mol. The highest BCUT2D eigenvalue weighted by molar-refractivity contribution is 7.89. The van der Waals surface area contributed by atoms with Gasteiger partial charge in [0.05, 0.1) is 11.5 Å². The zero-order chi connectivity index (χ0) is 14.3. The van der Waals surface area contributed by atoms with Crippen LogP contribution in [-0.4, -0.2) is 19.6 Å². The van der Waals surface area contributed by atoms with Crippen LogP contribution in [0.1, 0.15) is 45.1 Å². The Morgan fingerprint density at radius 2 is 1.84 bits per heavy atom. The summed E-state index contributed by atoms with van der Waals surface area (Å²) in [4.78, 5) is 0.243. The summed E-state index contributed by atoms with van der Waals surface area (Å²) >= 11 is 0. The van der Waals surface area contributed by atoms with Gasteiger partial charge in [-0.05, 0) is 31.0 Å². The van der Waals surface area contributed by atoms with Crippen LogP contribution in [-0.2, 0) is 16.6 Å². The molecular formula is C14H23NO3S. The van der Waals surface area contributed by atoms with E-state index >= 15 is 0 Å². The molecular weight excluding hydrogens is 262 g/mol. The molecule has 0 aliphatic carbocycles. The van der Waals surface area contributed by atoms with Crippen molar-refractivity contribution in [3.8, 4) is 0 Å². The van der Waals surface area contributed by atoms with Crippen molar-refractivity contribution in [2.24, 2.45) is 0 Å². The van der Waals surface area contributed by atoms with Gasteiger partial charge in [-0.2, -0.15) is 0 Å². The number of hydrogen-bond donors (Lipinski definition) is 2. The van der Waals surface area contributed by atoms with Crippen molar-refractivity contribution >= 4 is 10.0 Å². The normalized spacial score (nSPS) is 13.4. The smallest absolute Gasteiger partial charge is 0.240 e. The van der Waals surface area contributed by atoms with Gasteiger partial charge in [-0.1, -0.05) is 38.3 Å². The summed E-state index contributed by atoms with van der Waals surface area (Å²) in [6, 6.07) is 6.22. The number of aliphatic hydroxyl groups excluding tert-OH is 1. The Morgan fingerprint density at radius 1 is 1.21 bits per heavy atom. The summed E-state index contributed by atoms with van der Waals surface area (Å²) in [5.41, 5.74) is 0.704. The fourth-order valence-corrected chi connectivity index (χ4v) is 3.14. The van der Waals surface area contributed by atoms with Crippen LogP contribution in [0.4, 0.5) is 0 Å². The van der Waals surface area contributed by atoms with Crippen molar-refractivity contribution < 1.29 is 13.5 Å². The number of unbranched alkanes of at least 4 members (excludes halogenated alkanes) is 2. The molecule has 1 unspecified atom stereocenters. The molecule has 19 heavy (non-hydrogen) atoms. The molecule has 0 aliphatic rings. The summed E-state index contributed by atoms with van der Waals surface area (Å²) in [5.74, 6) is 0. The van der Waals surface area contributed by atoms with Gasteiger partial charge in [0, 0.05) is 6.04 Å². The molecule has 1 aromatic carbocycles. The van der Waals surface area contributed by atoms with Gasteiger partial charge in [0.2, 0.25) is 10.0 Å². The maximum atomic E-state index is 12.1. The first-order valence-electron chi connectivity index (χ1n) is 6.71. The first kappa shape index (κ1) is 16.1. The van der Waals surface area contributed by atoms with Crippen LogP contribution in [0.2, 0.25) is 0 Å². The van der Waals surface area contributed by atoms with Crippen molar-refractivity contribution in [3.63, 3.8) is 0 Å². The van der Waals surface area contributed by atoms with Crippen LogP contribution in [0.5, 0.6) is 0 Å². The first-order chi connectivity index (χ1) is 8.99. The molecule has 0 heterocycles.